The van der Waals surface area contributed by atoms with Gasteiger partial charge in [0.25, 0.3) is 0 Å². The number of nitrogens with zero attached hydrogens (tertiary/aromatic N) is 3. The van der Waals surface area contributed by atoms with Crippen LogP contribution in [0.2, 0.25) is 0 Å². The molecule has 0 atom stereocenters. The molecule has 0 radical (unpaired) electrons. The first-order chi connectivity index (χ1) is 8.57. The molecular weight excluding hydrogens is 224 g/mol. The molecule has 102 valence electrons. The predicted octanol–water partition coefficient (Wildman–Crippen LogP) is 1.56. The summed E-state index contributed by atoms with van der Waals surface area (Å²) in [6.07, 6.45) is 5.01. The van der Waals surface area contributed by atoms with Gasteiger partial charge in [-0.05, 0) is 45.8 Å². The summed E-state index contributed by atoms with van der Waals surface area (Å²) in [5.41, 5.74) is 2.85. The molecular formula is C14H26N4. The fourth-order valence-electron chi connectivity index (χ4n) is 2.70. The molecule has 0 bridgehead atoms. The van der Waals surface area contributed by atoms with Gasteiger partial charge in [0.15, 0.2) is 0 Å². The average Bonchev–Trinajstić information content (AvgIpc) is 2.63. The van der Waals surface area contributed by atoms with Gasteiger partial charge in [0.1, 0.15) is 0 Å². The molecule has 1 aliphatic rings. The molecule has 0 unspecified atom stereocenters. The highest BCUT2D eigenvalue weighted by molar-refractivity contribution is 5.10. The summed E-state index contributed by atoms with van der Waals surface area (Å²) >= 11 is 0. The van der Waals surface area contributed by atoms with Gasteiger partial charge in [-0.25, -0.2) is 0 Å². The van der Waals surface area contributed by atoms with Crippen LogP contribution < -0.4 is 5.32 Å². The van der Waals surface area contributed by atoms with E-state index in [1.165, 1.54) is 30.7 Å². The van der Waals surface area contributed by atoms with Gasteiger partial charge in [-0.3, -0.25) is 4.68 Å². The summed E-state index contributed by atoms with van der Waals surface area (Å²) in [5.74, 6) is 0. The lowest BCUT2D eigenvalue weighted by Crippen LogP contribution is -2.56. The predicted molar refractivity (Wildman–Crippen MR) is 74.6 cm³/mol. The highest BCUT2D eigenvalue weighted by Crippen LogP contribution is 2.35. The van der Waals surface area contributed by atoms with Gasteiger partial charge >= 0.3 is 0 Å². The van der Waals surface area contributed by atoms with Crippen molar-refractivity contribution in [2.45, 2.75) is 44.7 Å². The molecule has 1 aromatic rings. The van der Waals surface area contributed by atoms with Crippen LogP contribution in [0.15, 0.2) is 6.07 Å². The van der Waals surface area contributed by atoms with Crippen LogP contribution in [0.3, 0.4) is 0 Å². The smallest absolute Gasteiger partial charge is 0.0625 e. The van der Waals surface area contributed by atoms with Crippen LogP contribution in [-0.4, -0.2) is 40.9 Å². The van der Waals surface area contributed by atoms with Crippen molar-refractivity contribution >= 4 is 0 Å². The molecule has 0 amide bonds. The topological polar surface area (TPSA) is 33.1 Å². The summed E-state index contributed by atoms with van der Waals surface area (Å²) in [7, 11) is 6.42. The van der Waals surface area contributed by atoms with Gasteiger partial charge in [-0.15, -0.1) is 0 Å². The van der Waals surface area contributed by atoms with Crippen molar-refractivity contribution in [2.24, 2.45) is 7.05 Å². The minimum Gasteiger partial charge on any atom is -0.309 e. The third-order valence-electron chi connectivity index (χ3n) is 4.38. The zero-order valence-electron chi connectivity index (χ0n) is 12.2. The van der Waals surface area contributed by atoms with Crippen molar-refractivity contribution in [3.8, 4) is 0 Å². The molecule has 18 heavy (non-hydrogen) atoms. The van der Waals surface area contributed by atoms with Crippen LogP contribution in [0, 0.1) is 0 Å². The zero-order valence-corrected chi connectivity index (χ0v) is 12.2. The number of hydrogen-bond acceptors (Lipinski definition) is 3. The monoisotopic (exact) mass is 250 g/mol. The van der Waals surface area contributed by atoms with Gasteiger partial charge in [-0.2, -0.15) is 5.10 Å². The Morgan fingerprint density at radius 1 is 1.44 bits per heavy atom. The van der Waals surface area contributed by atoms with E-state index < -0.39 is 0 Å². The molecule has 0 spiro atoms. The Labute approximate surface area is 110 Å². The van der Waals surface area contributed by atoms with Crippen LogP contribution in [0.5, 0.6) is 0 Å². The Balaban J connectivity index is 1.86. The van der Waals surface area contributed by atoms with Crippen molar-refractivity contribution in [1.29, 1.82) is 0 Å². The van der Waals surface area contributed by atoms with E-state index in [1.807, 2.05) is 11.7 Å². The Hall–Kier alpha value is -0.870. The number of aryl methyl sites for hydroxylation is 2. The Bertz CT molecular complexity index is 390. The van der Waals surface area contributed by atoms with Gasteiger partial charge in [0, 0.05) is 25.7 Å². The molecule has 0 aromatic carbocycles. The van der Waals surface area contributed by atoms with Crippen LogP contribution >= 0.6 is 0 Å². The van der Waals surface area contributed by atoms with Crippen molar-refractivity contribution in [3.63, 3.8) is 0 Å². The summed E-state index contributed by atoms with van der Waals surface area (Å²) in [6, 6.07) is 2.20. The maximum Gasteiger partial charge on any atom is 0.0625 e. The molecule has 1 heterocycles. The number of hydrogen-bond donors (Lipinski definition) is 1. The van der Waals surface area contributed by atoms with Gasteiger partial charge in [0.2, 0.25) is 0 Å². The summed E-state index contributed by atoms with van der Waals surface area (Å²) < 4.78 is 1.99. The van der Waals surface area contributed by atoms with E-state index in [0.717, 1.165) is 19.5 Å². The van der Waals surface area contributed by atoms with E-state index >= 15 is 0 Å². The van der Waals surface area contributed by atoms with E-state index in [-0.39, 0.29) is 0 Å². The lowest BCUT2D eigenvalue weighted by atomic mass is 9.75. The number of likely N-dealkylation sites (N-methyl/N-ethyl adjacent to an activating group) is 1. The van der Waals surface area contributed by atoms with E-state index in [9.17, 15) is 0 Å². The van der Waals surface area contributed by atoms with Gasteiger partial charge in [0.05, 0.1) is 11.4 Å². The standard InChI is InChI=1S/C14H26N4/c1-5-12-9-13(18(4)16-12)10-15-11-14(17(2)3)7-6-8-14/h9,15H,5-8,10-11H2,1-4H3. The van der Waals surface area contributed by atoms with Crippen molar-refractivity contribution < 1.29 is 0 Å². The number of rotatable bonds is 6. The fraction of sp³-hybridized carbons (Fsp3) is 0.786. The molecule has 4 nitrogen and oxygen atoms in total. The van der Waals surface area contributed by atoms with E-state index in [1.54, 1.807) is 0 Å². The average molecular weight is 250 g/mol. The van der Waals surface area contributed by atoms with E-state index in [0.29, 0.717) is 5.54 Å². The van der Waals surface area contributed by atoms with Crippen molar-refractivity contribution in [3.05, 3.63) is 17.5 Å². The Morgan fingerprint density at radius 3 is 2.61 bits per heavy atom. The largest absolute Gasteiger partial charge is 0.309 e. The third kappa shape index (κ3) is 2.59. The van der Waals surface area contributed by atoms with Crippen molar-refractivity contribution in [2.75, 3.05) is 20.6 Å². The molecule has 2 rings (SSSR count). The normalized spacial score (nSPS) is 18.1. The molecule has 4 heteroatoms. The van der Waals surface area contributed by atoms with E-state index in [4.69, 9.17) is 0 Å². The lowest BCUT2D eigenvalue weighted by Gasteiger charge is -2.47. The van der Waals surface area contributed by atoms with Gasteiger partial charge < -0.3 is 10.2 Å². The Kier molecular flexibility index (Phi) is 4.07. The van der Waals surface area contributed by atoms with Crippen LogP contribution in [0.25, 0.3) is 0 Å². The van der Waals surface area contributed by atoms with Crippen LogP contribution in [-0.2, 0) is 20.0 Å². The quantitative estimate of drug-likeness (QED) is 0.831. The molecule has 0 aliphatic heterocycles. The first-order valence-electron chi connectivity index (χ1n) is 6.97. The summed E-state index contributed by atoms with van der Waals surface area (Å²) in [4.78, 5) is 2.38. The van der Waals surface area contributed by atoms with Crippen LogP contribution in [0.1, 0.15) is 37.6 Å². The van der Waals surface area contributed by atoms with Crippen LogP contribution in [0.4, 0.5) is 0 Å². The lowest BCUT2D eigenvalue weighted by molar-refractivity contribution is 0.0596. The second-order valence-corrected chi connectivity index (χ2v) is 5.68. The molecule has 1 aliphatic carbocycles. The molecule has 1 saturated carbocycles. The second-order valence-electron chi connectivity index (χ2n) is 5.68. The maximum absolute atomic E-state index is 4.48. The van der Waals surface area contributed by atoms with E-state index in [2.05, 4.69) is 42.4 Å². The highest BCUT2D eigenvalue weighted by Gasteiger charge is 2.38. The minimum absolute atomic E-state index is 0.395. The molecule has 1 aromatic heterocycles. The first-order valence-corrected chi connectivity index (χ1v) is 6.97. The highest BCUT2D eigenvalue weighted by atomic mass is 15.3. The first kappa shape index (κ1) is 13.6. The van der Waals surface area contributed by atoms with Crippen molar-refractivity contribution in [1.82, 2.24) is 20.0 Å². The fourth-order valence-corrected chi connectivity index (χ4v) is 2.70. The molecule has 1 N–H and O–H groups in total. The SMILES string of the molecule is CCc1cc(CNCC2(N(C)C)CCC2)n(C)n1. The third-order valence-corrected chi connectivity index (χ3v) is 4.38. The minimum atomic E-state index is 0.395. The maximum atomic E-state index is 4.48. The second kappa shape index (κ2) is 5.41. The van der Waals surface area contributed by atoms with Gasteiger partial charge in [-0.1, -0.05) is 6.92 Å². The Morgan fingerprint density at radius 2 is 2.17 bits per heavy atom. The number of aromatic nitrogens is 2. The summed E-state index contributed by atoms with van der Waals surface area (Å²) in [5, 5.41) is 8.08. The summed E-state index contributed by atoms with van der Waals surface area (Å²) in [6.45, 7) is 4.14. The molecule has 0 saturated heterocycles. The zero-order chi connectivity index (χ0) is 13.2. The molecule has 1 fully saturated rings. The number of nitrogens with one attached hydrogen (secondary N) is 1.